The van der Waals surface area contributed by atoms with Gasteiger partial charge in [-0.05, 0) is 71.3 Å². The summed E-state index contributed by atoms with van der Waals surface area (Å²) in [7, 11) is 6.55. The molecule has 61 heavy (non-hydrogen) atoms. The highest BCUT2D eigenvalue weighted by Gasteiger charge is 2.30. The van der Waals surface area contributed by atoms with Crippen LogP contribution in [0.2, 0.25) is 5.28 Å². The Labute approximate surface area is 352 Å². The Bertz CT molecular complexity index is 2610. The molecule has 14 nitrogen and oxygen atoms in total. The fourth-order valence-electron chi connectivity index (χ4n) is 6.27. The maximum absolute atomic E-state index is 13.7. The molecule has 0 saturated heterocycles. The van der Waals surface area contributed by atoms with Crippen molar-refractivity contribution >= 4 is 51.9 Å². The SMILES string of the molecule is CN1c2nc(Cl)ncc2OCC1c1cc(F)cc(F)c1.[C-]#[N+]c1ccc(N)cc1OC.[C-]#[N+]c1ccc(Nc2ncc3c(n2)N(C)C(c2cc(F)cc(F)c2)CO3)cc1OC. The number of nitrogens with zero attached hydrogens (tertiary/aromatic N) is 8. The van der Waals surface area contributed by atoms with Crippen molar-refractivity contribution in [2.24, 2.45) is 0 Å². The topological polar surface area (TPSA) is 142 Å². The van der Waals surface area contributed by atoms with Gasteiger partial charge in [-0.2, -0.15) is 9.97 Å². The summed E-state index contributed by atoms with van der Waals surface area (Å²) in [6.07, 6.45) is 3.01. The molecule has 2 aliphatic rings. The number of ether oxygens (including phenoxy) is 4. The van der Waals surface area contributed by atoms with Gasteiger partial charge in [0, 0.05) is 37.6 Å². The number of nitrogens with one attached hydrogen (secondary N) is 1. The third-order valence-electron chi connectivity index (χ3n) is 9.26. The van der Waals surface area contributed by atoms with Gasteiger partial charge in [0.1, 0.15) is 48.0 Å². The molecule has 2 aromatic heterocycles. The normalized spacial score (nSPS) is 14.7. The molecular weight excluding hydrogens is 820 g/mol. The maximum atomic E-state index is 13.7. The number of nitrogen functional groups attached to an aromatic ring is 1. The minimum atomic E-state index is -0.647. The van der Waals surface area contributed by atoms with Crippen LogP contribution >= 0.6 is 11.6 Å². The maximum Gasteiger partial charge on any atom is 0.229 e. The molecule has 312 valence electrons. The summed E-state index contributed by atoms with van der Waals surface area (Å²) in [6, 6.07) is 16.0. The smallest absolute Gasteiger partial charge is 0.229 e. The molecule has 0 aliphatic carbocycles. The third kappa shape index (κ3) is 10.2. The monoisotopic (exact) mass is 854 g/mol. The standard InChI is InChI=1S/C21H17F2N5O2.C13H10ClF2N3O.C8H8N2O/c1-24-16-5-4-15(9-18(16)29-3)26-21-25-10-19-20(27-21)28(2)17(11-30-19)12-6-13(22)8-14(23)7-12;1-19-10(7-2-8(15)4-9(16)3-7)6-20-11-5-17-13(14)18-12(11)19;1-10-7-4-3-6(9)5-8(7)11-2/h4-10,17H,11H2,2-3H3,(H,25,26,27);2-5,10H,6H2,1H3;3-5H,9H2,2H3. The Morgan fingerprint density at radius 3 is 1.69 bits per heavy atom. The highest BCUT2D eigenvalue weighted by molar-refractivity contribution is 6.28. The van der Waals surface area contributed by atoms with Crippen LogP contribution in [-0.2, 0) is 0 Å². The summed E-state index contributed by atoms with van der Waals surface area (Å²) in [5, 5.41) is 3.15. The molecule has 2 atom stereocenters. The fourth-order valence-corrected chi connectivity index (χ4v) is 6.40. The van der Waals surface area contributed by atoms with Crippen LogP contribution in [0, 0.1) is 36.4 Å². The average Bonchev–Trinajstić information content (AvgIpc) is 3.24. The number of methoxy groups -OCH3 is 2. The van der Waals surface area contributed by atoms with Crippen LogP contribution in [0.4, 0.5) is 57.9 Å². The number of likely N-dealkylation sites (N-methyl/N-ethyl adjacent to an activating group) is 2. The molecule has 19 heteroatoms. The molecule has 0 amide bonds. The van der Waals surface area contributed by atoms with E-state index in [-0.39, 0.29) is 24.5 Å². The zero-order chi connectivity index (χ0) is 43.8. The van der Waals surface area contributed by atoms with E-state index in [4.69, 9.17) is 49.4 Å². The number of hydrogen-bond donors (Lipinski definition) is 2. The van der Waals surface area contributed by atoms with Crippen molar-refractivity contribution < 1.29 is 36.5 Å². The molecule has 4 aromatic carbocycles. The van der Waals surface area contributed by atoms with Gasteiger partial charge in [-0.1, -0.05) is 12.1 Å². The minimum Gasteiger partial charge on any atom is -0.508 e. The first-order valence-electron chi connectivity index (χ1n) is 18.0. The highest BCUT2D eigenvalue weighted by atomic mass is 35.5. The van der Waals surface area contributed by atoms with Gasteiger partial charge in [0.25, 0.3) is 0 Å². The molecular formula is C42H35ClF4N10O4. The van der Waals surface area contributed by atoms with Crippen molar-refractivity contribution in [2.75, 3.05) is 62.4 Å². The van der Waals surface area contributed by atoms with E-state index in [1.807, 2.05) is 0 Å². The lowest BCUT2D eigenvalue weighted by Gasteiger charge is -2.35. The summed E-state index contributed by atoms with van der Waals surface area (Å²) in [4.78, 5) is 26.9. The van der Waals surface area contributed by atoms with E-state index in [0.717, 1.165) is 12.1 Å². The van der Waals surface area contributed by atoms with E-state index in [1.165, 1.54) is 50.9 Å². The summed E-state index contributed by atoms with van der Waals surface area (Å²) >= 11 is 5.76. The van der Waals surface area contributed by atoms with Crippen LogP contribution in [0.25, 0.3) is 9.69 Å². The summed E-state index contributed by atoms with van der Waals surface area (Å²) < 4.78 is 75.4. The summed E-state index contributed by atoms with van der Waals surface area (Å²) in [6.45, 7) is 14.4. The van der Waals surface area contributed by atoms with Crippen LogP contribution in [0.3, 0.4) is 0 Å². The second-order valence-corrected chi connectivity index (χ2v) is 13.5. The zero-order valence-electron chi connectivity index (χ0n) is 32.8. The summed E-state index contributed by atoms with van der Waals surface area (Å²) in [5.74, 6) is 0.651. The minimum absolute atomic E-state index is 0.0882. The van der Waals surface area contributed by atoms with Gasteiger partial charge in [-0.25, -0.2) is 37.2 Å². The fraction of sp³-hybridized carbons (Fsp3) is 0.190. The van der Waals surface area contributed by atoms with E-state index < -0.39 is 29.3 Å². The first-order chi connectivity index (χ1) is 29.3. The van der Waals surface area contributed by atoms with Crippen LogP contribution in [0.1, 0.15) is 23.2 Å². The Hall–Kier alpha value is -7.57. The lowest BCUT2D eigenvalue weighted by atomic mass is 10.0. The molecule has 0 fully saturated rings. The van der Waals surface area contributed by atoms with Crippen molar-refractivity contribution in [1.29, 1.82) is 0 Å². The molecule has 2 aliphatic heterocycles. The quantitative estimate of drug-likeness (QED) is 0.0714. The Morgan fingerprint density at radius 1 is 0.705 bits per heavy atom. The van der Waals surface area contributed by atoms with Crippen molar-refractivity contribution in [3.63, 3.8) is 0 Å². The number of rotatable bonds is 6. The molecule has 6 aromatic rings. The van der Waals surface area contributed by atoms with E-state index in [0.29, 0.717) is 74.5 Å². The molecule has 0 bridgehead atoms. The lowest BCUT2D eigenvalue weighted by molar-refractivity contribution is 0.264. The molecule has 8 rings (SSSR count). The van der Waals surface area contributed by atoms with Gasteiger partial charge in [0.15, 0.2) is 23.1 Å². The number of benzene rings is 4. The molecule has 2 unspecified atom stereocenters. The van der Waals surface area contributed by atoms with Gasteiger partial charge in [0.05, 0.1) is 51.8 Å². The van der Waals surface area contributed by atoms with Gasteiger partial charge in [-0.3, -0.25) is 0 Å². The Kier molecular flexibility index (Phi) is 13.4. The number of hydrogen-bond acceptors (Lipinski definition) is 12. The van der Waals surface area contributed by atoms with Gasteiger partial charge in [-0.15, -0.1) is 0 Å². The van der Waals surface area contributed by atoms with Crippen LogP contribution in [-0.4, -0.2) is 61.5 Å². The predicted molar refractivity (Wildman–Crippen MR) is 221 cm³/mol. The number of aromatic nitrogens is 4. The largest absolute Gasteiger partial charge is 0.508 e. The van der Waals surface area contributed by atoms with Gasteiger partial charge in [0.2, 0.25) is 22.6 Å². The zero-order valence-corrected chi connectivity index (χ0v) is 33.6. The van der Waals surface area contributed by atoms with Crippen molar-refractivity contribution in [2.45, 2.75) is 12.1 Å². The first kappa shape index (κ1) is 43.0. The molecule has 0 saturated carbocycles. The van der Waals surface area contributed by atoms with Gasteiger partial charge >= 0.3 is 0 Å². The van der Waals surface area contributed by atoms with E-state index in [1.54, 1.807) is 60.3 Å². The second kappa shape index (κ2) is 19.0. The Balaban J connectivity index is 0.000000172. The van der Waals surface area contributed by atoms with Crippen LogP contribution < -0.4 is 39.8 Å². The first-order valence-corrected chi connectivity index (χ1v) is 18.3. The molecule has 4 heterocycles. The number of halogens is 5. The number of fused-ring (bicyclic) bond motifs is 2. The van der Waals surface area contributed by atoms with Crippen LogP contribution in [0.15, 0.2) is 85.2 Å². The molecule has 0 spiro atoms. The summed E-state index contributed by atoms with van der Waals surface area (Å²) in [5.41, 5.74) is 8.53. The van der Waals surface area contributed by atoms with Crippen molar-refractivity contribution in [3.8, 4) is 23.0 Å². The molecule has 3 N–H and O–H groups in total. The Morgan fingerprint density at radius 2 is 1.18 bits per heavy atom. The van der Waals surface area contributed by atoms with Crippen molar-refractivity contribution in [3.05, 3.63) is 148 Å². The highest BCUT2D eigenvalue weighted by Crippen LogP contribution is 2.39. The van der Waals surface area contributed by atoms with E-state index in [9.17, 15) is 17.6 Å². The van der Waals surface area contributed by atoms with Crippen molar-refractivity contribution in [1.82, 2.24) is 19.9 Å². The van der Waals surface area contributed by atoms with Gasteiger partial charge < -0.3 is 39.8 Å². The lowest BCUT2D eigenvalue weighted by Crippen LogP contribution is -2.34. The second-order valence-electron chi connectivity index (χ2n) is 13.2. The third-order valence-corrected chi connectivity index (χ3v) is 9.44. The average molecular weight is 855 g/mol. The van der Waals surface area contributed by atoms with E-state index in [2.05, 4.69) is 34.9 Å². The number of anilines is 5. The van der Waals surface area contributed by atoms with Crippen LogP contribution in [0.5, 0.6) is 23.0 Å². The predicted octanol–water partition coefficient (Wildman–Crippen LogP) is 9.43. The van der Waals surface area contributed by atoms with E-state index >= 15 is 0 Å². The molecule has 0 radical (unpaired) electrons. The number of nitrogens with two attached hydrogens (primary N) is 1.